The Labute approximate surface area is 157 Å². The maximum Gasteiger partial charge on any atom is 0.252 e. The normalized spacial score (nSPS) is 15.3. The fraction of sp³-hybridized carbons (Fsp3) is 0.300. The van der Waals surface area contributed by atoms with Gasteiger partial charge in [-0.1, -0.05) is 30.3 Å². The topological polar surface area (TPSA) is 52.7 Å². The van der Waals surface area contributed by atoms with Crippen molar-refractivity contribution in [3.05, 3.63) is 64.4 Å². The van der Waals surface area contributed by atoms with Gasteiger partial charge in [-0.25, -0.2) is 0 Å². The average molecular weight is 369 g/mol. The number of nitrogens with zero attached hydrogens (tertiary/aromatic N) is 2. The van der Waals surface area contributed by atoms with Crippen molar-refractivity contribution in [2.75, 3.05) is 39.3 Å². The van der Waals surface area contributed by atoms with Gasteiger partial charge >= 0.3 is 0 Å². The predicted octanol–water partition coefficient (Wildman–Crippen LogP) is 2.34. The van der Waals surface area contributed by atoms with Crippen LogP contribution >= 0.6 is 11.3 Å². The molecule has 0 radical (unpaired) electrons. The summed E-state index contributed by atoms with van der Waals surface area (Å²) in [6, 6.07) is 11.7. The number of nitrogens with one attached hydrogen (secondary N) is 1. The summed E-state index contributed by atoms with van der Waals surface area (Å²) < 4.78 is 0. The molecule has 136 valence electrons. The Bertz CT molecular complexity index is 736. The van der Waals surface area contributed by atoms with Crippen molar-refractivity contribution in [3.63, 3.8) is 0 Å². The molecular formula is C20H23N3O2S. The molecule has 1 aromatic carbocycles. The van der Waals surface area contributed by atoms with E-state index in [0.29, 0.717) is 6.54 Å². The Kier molecular flexibility index (Phi) is 6.57. The number of hydrogen-bond donors (Lipinski definition) is 1. The first kappa shape index (κ1) is 18.4. The lowest BCUT2D eigenvalue weighted by atomic mass is 10.2. The van der Waals surface area contributed by atoms with Crippen LogP contribution in [0.15, 0.2) is 53.2 Å². The fourth-order valence-electron chi connectivity index (χ4n) is 2.85. The van der Waals surface area contributed by atoms with Gasteiger partial charge in [-0.05, 0) is 23.1 Å². The van der Waals surface area contributed by atoms with E-state index in [0.717, 1.165) is 43.9 Å². The zero-order chi connectivity index (χ0) is 18.2. The van der Waals surface area contributed by atoms with Crippen molar-refractivity contribution in [2.45, 2.75) is 0 Å². The van der Waals surface area contributed by atoms with Crippen molar-refractivity contribution in [1.29, 1.82) is 0 Å². The Balaban J connectivity index is 1.36. The molecule has 1 aliphatic heterocycles. The fourth-order valence-corrected chi connectivity index (χ4v) is 3.49. The van der Waals surface area contributed by atoms with Crippen molar-refractivity contribution >= 4 is 29.2 Å². The summed E-state index contributed by atoms with van der Waals surface area (Å²) in [5.41, 5.74) is 1.75. The number of carbonyl (C=O) groups excluding carboxylic acids is 2. The number of rotatable bonds is 6. The summed E-state index contributed by atoms with van der Waals surface area (Å²) in [6.45, 7) is 4.53. The number of thiophene rings is 1. The number of carbonyl (C=O) groups is 2. The largest absolute Gasteiger partial charge is 0.351 e. The highest BCUT2D eigenvalue weighted by atomic mass is 32.1. The molecule has 0 spiro atoms. The van der Waals surface area contributed by atoms with E-state index in [9.17, 15) is 9.59 Å². The lowest BCUT2D eigenvalue weighted by Crippen LogP contribution is -2.49. The molecule has 0 saturated carbocycles. The second kappa shape index (κ2) is 9.31. The second-order valence-electron chi connectivity index (χ2n) is 6.18. The van der Waals surface area contributed by atoms with Gasteiger partial charge in [0.05, 0.1) is 0 Å². The monoisotopic (exact) mass is 369 g/mol. The molecule has 1 N–H and O–H groups in total. The van der Waals surface area contributed by atoms with E-state index in [1.165, 1.54) is 11.3 Å². The van der Waals surface area contributed by atoms with E-state index in [1.807, 2.05) is 58.1 Å². The highest BCUT2D eigenvalue weighted by molar-refractivity contribution is 7.08. The second-order valence-corrected chi connectivity index (χ2v) is 6.96. The Hall–Kier alpha value is -2.44. The van der Waals surface area contributed by atoms with Crippen molar-refractivity contribution in [1.82, 2.24) is 15.1 Å². The Morgan fingerprint density at radius 1 is 1.08 bits per heavy atom. The SMILES string of the molecule is O=C(NCCN1CCN(C(=O)/C=C/c2ccccc2)CC1)c1ccsc1. The minimum absolute atomic E-state index is 0.0221. The summed E-state index contributed by atoms with van der Waals surface area (Å²) in [7, 11) is 0. The van der Waals surface area contributed by atoms with Crippen LogP contribution in [0.5, 0.6) is 0 Å². The van der Waals surface area contributed by atoms with Gasteiger partial charge in [-0.15, -0.1) is 0 Å². The summed E-state index contributed by atoms with van der Waals surface area (Å²) in [4.78, 5) is 28.3. The molecule has 2 heterocycles. The van der Waals surface area contributed by atoms with Gasteiger partial charge in [-0.3, -0.25) is 14.5 Å². The van der Waals surface area contributed by atoms with Crippen LogP contribution in [0, 0.1) is 0 Å². The van der Waals surface area contributed by atoms with Crippen LogP contribution in [0.3, 0.4) is 0 Å². The lowest BCUT2D eigenvalue weighted by molar-refractivity contribution is -0.127. The summed E-state index contributed by atoms with van der Waals surface area (Å²) in [6.07, 6.45) is 3.50. The zero-order valence-corrected chi connectivity index (χ0v) is 15.5. The van der Waals surface area contributed by atoms with Gasteiger partial charge in [0.25, 0.3) is 5.91 Å². The molecule has 0 atom stereocenters. The molecule has 6 heteroatoms. The molecule has 0 unspecified atom stereocenters. The van der Waals surface area contributed by atoms with E-state index in [2.05, 4.69) is 10.2 Å². The molecule has 0 aliphatic carbocycles. The molecule has 1 saturated heterocycles. The third-order valence-electron chi connectivity index (χ3n) is 4.40. The average Bonchev–Trinajstić information content (AvgIpc) is 3.22. The van der Waals surface area contributed by atoms with Crippen LogP contribution in [0.1, 0.15) is 15.9 Å². The highest BCUT2D eigenvalue weighted by Gasteiger charge is 2.19. The summed E-state index contributed by atoms with van der Waals surface area (Å²) >= 11 is 1.52. The molecule has 26 heavy (non-hydrogen) atoms. The number of piperazine rings is 1. The number of benzene rings is 1. The first-order valence-corrected chi connectivity index (χ1v) is 9.71. The molecular weight excluding hydrogens is 346 g/mol. The Morgan fingerprint density at radius 2 is 1.85 bits per heavy atom. The van der Waals surface area contributed by atoms with Crippen LogP contribution in [0.25, 0.3) is 6.08 Å². The van der Waals surface area contributed by atoms with Crippen LogP contribution in [0.4, 0.5) is 0 Å². The molecule has 1 aromatic heterocycles. The van der Waals surface area contributed by atoms with E-state index < -0.39 is 0 Å². The molecule has 2 amide bonds. The third kappa shape index (κ3) is 5.28. The van der Waals surface area contributed by atoms with Crippen LogP contribution in [-0.4, -0.2) is 60.9 Å². The van der Waals surface area contributed by atoms with Gasteiger partial charge < -0.3 is 10.2 Å². The Morgan fingerprint density at radius 3 is 2.54 bits per heavy atom. The number of hydrogen-bond acceptors (Lipinski definition) is 4. The van der Waals surface area contributed by atoms with Crippen molar-refractivity contribution in [3.8, 4) is 0 Å². The zero-order valence-electron chi connectivity index (χ0n) is 14.6. The molecule has 1 fully saturated rings. The summed E-state index contributed by atoms with van der Waals surface area (Å²) in [5, 5.41) is 6.69. The van der Waals surface area contributed by atoms with Gasteiger partial charge in [0, 0.05) is 56.3 Å². The standard InChI is InChI=1S/C20H23N3O2S/c24-19(7-6-17-4-2-1-3-5-17)23-13-11-22(12-14-23)10-9-21-20(25)18-8-15-26-16-18/h1-8,15-16H,9-14H2,(H,21,25)/b7-6+. The molecule has 3 rings (SSSR count). The molecule has 0 bridgehead atoms. The minimum Gasteiger partial charge on any atom is -0.351 e. The lowest BCUT2D eigenvalue weighted by Gasteiger charge is -2.34. The van der Waals surface area contributed by atoms with Crippen molar-refractivity contribution < 1.29 is 9.59 Å². The molecule has 5 nitrogen and oxygen atoms in total. The van der Waals surface area contributed by atoms with Gasteiger partial charge in [0.1, 0.15) is 0 Å². The van der Waals surface area contributed by atoms with E-state index in [4.69, 9.17) is 0 Å². The quantitative estimate of drug-likeness (QED) is 0.795. The highest BCUT2D eigenvalue weighted by Crippen LogP contribution is 2.07. The van der Waals surface area contributed by atoms with Crippen LogP contribution in [-0.2, 0) is 4.79 Å². The van der Waals surface area contributed by atoms with Gasteiger partial charge in [-0.2, -0.15) is 11.3 Å². The molecule has 2 aromatic rings. The van der Waals surface area contributed by atoms with Crippen molar-refractivity contribution in [2.24, 2.45) is 0 Å². The number of amides is 2. The van der Waals surface area contributed by atoms with Crippen LogP contribution < -0.4 is 5.32 Å². The van der Waals surface area contributed by atoms with Gasteiger partial charge in [0.2, 0.25) is 5.91 Å². The third-order valence-corrected chi connectivity index (χ3v) is 5.08. The minimum atomic E-state index is -0.0221. The van der Waals surface area contributed by atoms with Crippen LogP contribution in [0.2, 0.25) is 0 Å². The first-order valence-electron chi connectivity index (χ1n) is 8.77. The smallest absolute Gasteiger partial charge is 0.252 e. The first-order chi connectivity index (χ1) is 12.7. The maximum atomic E-state index is 12.3. The summed E-state index contributed by atoms with van der Waals surface area (Å²) in [5.74, 6) is 0.0328. The predicted molar refractivity (Wildman–Crippen MR) is 105 cm³/mol. The van der Waals surface area contributed by atoms with E-state index in [1.54, 1.807) is 6.08 Å². The molecule has 1 aliphatic rings. The van der Waals surface area contributed by atoms with E-state index >= 15 is 0 Å². The maximum absolute atomic E-state index is 12.3. The van der Waals surface area contributed by atoms with Gasteiger partial charge in [0.15, 0.2) is 0 Å². The van der Waals surface area contributed by atoms with E-state index in [-0.39, 0.29) is 11.8 Å².